The van der Waals surface area contributed by atoms with E-state index in [0.717, 1.165) is 17.4 Å². The zero-order valence-electron chi connectivity index (χ0n) is 15.9. The Bertz CT molecular complexity index is 1050. The van der Waals surface area contributed by atoms with Crippen LogP contribution in [0.1, 0.15) is 21.5 Å². The largest absolute Gasteiger partial charge is 0.330 e. The summed E-state index contributed by atoms with van der Waals surface area (Å²) in [5.41, 5.74) is 2.65. The second kappa shape index (κ2) is 9.11. The lowest BCUT2D eigenvalue weighted by Crippen LogP contribution is -2.30. The van der Waals surface area contributed by atoms with Crippen molar-refractivity contribution in [3.63, 3.8) is 0 Å². The van der Waals surface area contributed by atoms with Crippen molar-refractivity contribution in [2.24, 2.45) is 0 Å². The molecule has 0 unspecified atom stereocenters. The van der Waals surface area contributed by atoms with Gasteiger partial charge >= 0.3 is 0 Å². The fourth-order valence-corrected chi connectivity index (χ4v) is 3.78. The molecule has 1 N–H and O–H groups in total. The number of nitrogens with zero attached hydrogens (tertiary/aromatic N) is 1. The Morgan fingerprint density at radius 1 is 0.897 bits per heavy atom. The van der Waals surface area contributed by atoms with Crippen LogP contribution in [0.2, 0.25) is 5.02 Å². The van der Waals surface area contributed by atoms with Crippen LogP contribution in [0.5, 0.6) is 0 Å². The van der Waals surface area contributed by atoms with Gasteiger partial charge in [-0.15, -0.1) is 0 Å². The Balaban J connectivity index is 1.88. The van der Waals surface area contributed by atoms with E-state index in [1.54, 1.807) is 11.0 Å². The predicted octanol–water partition coefficient (Wildman–Crippen LogP) is 4.55. The van der Waals surface area contributed by atoms with Gasteiger partial charge in [0.05, 0.1) is 17.0 Å². The molecule has 0 bridgehead atoms. The summed E-state index contributed by atoms with van der Waals surface area (Å²) in [5, 5.41) is 0.167. The van der Waals surface area contributed by atoms with Crippen molar-refractivity contribution in [2.75, 3.05) is 11.0 Å². The summed E-state index contributed by atoms with van der Waals surface area (Å²) in [7, 11) is -3.46. The van der Waals surface area contributed by atoms with E-state index in [9.17, 15) is 13.2 Å². The summed E-state index contributed by atoms with van der Waals surface area (Å²) in [6.07, 6.45) is 1.05. The highest BCUT2D eigenvalue weighted by Crippen LogP contribution is 2.25. The molecule has 7 heteroatoms. The number of nitrogens with one attached hydrogen (secondary N) is 1. The maximum absolute atomic E-state index is 13.2. The summed E-state index contributed by atoms with van der Waals surface area (Å²) < 4.78 is 25.2. The number of hydrogen-bond donors (Lipinski definition) is 1. The summed E-state index contributed by atoms with van der Waals surface area (Å²) in [6, 6.07) is 24.0. The van der Waals surface area contributed by atoms with Crippen LogP contribution in [-0.4, -0.2) is 25.5 Å². The lowest BCUT2D eigenvalue weighted by Gasteiger charge is -2.23. The topological polar surface area (TPSA) is 66.5 Å². The molecule has 0 radical (unpaired) electrons. The first kappa shape index (κ1) is 20.9. The maximum atomic E-state index is 13.2. The van der Waals surface area contributed by atoms with E-state index in [-0.39, 0.29) is 16.6 Å². The second-order valence-corrected chi connectivity index (χ2v) is 8.86. The number of benzene rings is 3. The smallest absolute Gasteiger partial charge is 0.254 e. The van der Waals surface area contributed by atoms with Crippen molar-refractivity contribution in [1.29, 1.82) is 0 Å². The number of hydrogen-bond acceptors (Lipinski definition) is 3. The van der Waals surface area contributed by atoms with E-state index in [1.807, 2.05) is 60.7 Å². The van der Waals surface area contributed by atoms with Gasteiger partial charge in [0.1, 0.15) is 0 Å². The Hall–Kier alpha value is -2.83. The third-order valence-corrected chi connectivity index (χ3v) is 5.13. The monoisotopic (exact) mass is 428 g/mol. The highest BCUT2D eigenvalue weighted by Gasteiger charge is 2.18. The average molecular weight is 429 g/mol. The quantitative estimate of drug-likeness (QED) is 0.600. The third kappa shape index (κ3) is 6.07. The van der Waals surface area contributed by atoms with Crippen LogP contribution in [-0.2, 0) is 23.1 Å². The molecular weight excluding hydrogens is 408 g/mol. The molecule has 3 aromatic carbocycles. The fourth-order valence-electron chi connectivity index (χ4n) is 2.92. The van der Waals surface area contributed by atoms with Crippen molar-refractivity contribution < 1.29 is 13.2 Å². The van der Waals surface area contributed by atoms with Crippen LogP contribution in [0.3, 0.4) is 0 Å². The lowest BCUT2D eigenvalue weighted by atomic mass is 10.1. The standard InChI is InChI=1S/C22H21ClN2O3S/c1-29(27,28)24-21-13-12-19(14-20(21)23)22(26)25(15-17-8-4-2-5-9-17)16-18-10-6-3-7-11-18/h2-14,24H,15-16H2,1H3. The van der Waals surface area contributed by atoms with E-state index in [1.165, 1.54) is 12.1 Å². The molecule has 0 aliphatic carbocycles. The number of carbonyl (C=O) groups excluding carboxylic acids is 1. The highest BCUT2D eigenvalue weighted by atomic mass is 35.5. The fraction of sp³-hybridized carbons (Fsp3) is 0.136. The summed E-state index contributed by atoms with van der Waals surface area (Å²) in [6.45, 7) is 0.880. The van der Waals surface area contributed by atoms with Crippen LogP contribution >= 0.6 is 11.6 Å². The van der Waals surface area contributed by atoms with Gasteiger partial charge in [0.15, 0.2) is 0 Å². The molecule has 29 heavy (non-hydrogen) atoms. The van der Waals surface area contributed by atoms with Crippen molar-refractivity contribution in [1.82, 2.24) is 4.90 Å². The van der Waals surface area contributed by atoms with E-state index in [0.29, 0.717) is 18.7 Å². The molecular formula is C22H21ClN2O3S. The van der Waals surface area contributed by atoms with Crippen LogP contribution in [0.4, 0.5) is 5.69 Å². The Morgan fingerprint density at radius 3 is 1.86 bits per heavy atom. The molecule has 0 saturated heterocycles. The van der Waals surface area contributed by atoms with E-state index >= 15 is 0 Å². The van der Waals surface area contributed by atoms with Crippen molar-refractivity contribution in [3.05, 3.63) is 101 Å². The summed E-state index contributed by atoms with van der Waals surface area (Å²) in [5.74, 6) is -0.189. The first-order valence-corrected chi connectivity index (χ1v) is 11.2. The number of carbonyl (C=O) groups is 1. The second-order valence-electron chi connectivity index (χ2n) is 6.70. The summed E-state index contributed by atoms with van der Waals surface area (Å²) >= 11 is 6.21. The zero-order valence-corrected chi connectivity index (χ0v) is 17.5. The lowest BCUT2D eigenvalue weighted by molar-refractivity contribution is 0.0730. The third-order valence-electron chi connectivity index (χ3n) is 4.23. The van der Waals surface area contributed by atoms with Crippen LogP contribution in [0.15, 0.2) is 78.9 Å². The van der Waals surface area contributed by atoms with Gasteiger partial charge in [0.2, 0.25) is 10.0 Å². The van der Waals surface area contributed by atoms with Crippen LogP contribution in [0.25, 0.3) is 0 Å². The van der Waals surface area contributed by atoms with Crippen molar-refractivity contribution in [3.8, 4) is 0 Å². The van der Waals surface area contributed by atoms with Crippen LogP contribution in [0, 0.1) is 0 Å². The number of halogens is 1. The number of anilines is 1. The molecule has 0 atom stereocenters. The summed E-state index contributed by atoms with van der Waals surface area (Å²) in [4.78, 5) is 15.0. The molecule has 5 nitrogen and oxygen atoms in total. The van der Waals surface area contributed by atoms with Crippen LogP contribution < -0.4 is 4.72 Å². The van der Waals surface area contributed by atoms with Gasteiger partial charge in [-0.25, -0.2) is 8.42 Å². The minimum Gasteiger partial charge on any atom is -0.330 e. The molecule has 3 aromatic rings. The highest BCUT2D eigenvalue weighted by molar-refractivity contribution is 7.92. The molecule has 0 saturated carbocycles. The first-order chi connectivity index (χ1) is 13.8. The minimum absolute atomic E-state index is 0.167. The molecule has 3 rings (SSSR count). The predicted molar refractivity (Wildman–Crippen MR) is 116 cm³/mol. The van der Waals surface area contributed by atoms with Gasteiger partial charge in [-0.1, -0.05) is 72.3 Å². The molecule has 0 fully saturated rings. The normalized spacial score (nSPS) is 11.1. The Morgan fingerprint density at radius 2 is 1.41 bits per heavy atom. The minimum atomic E-state index is -3.46. The SMILES string of the molecule is CS(=O)(=O)Nc1ccc(C(=O)N(Cc2ccccc2)Cc2ccccc2)cc1Cl. The van der Waals surface area contributed by atoms with Gasteiger partial charge < -0.3 is 4.90 Å². The zero-order chi connectivity index (χ0) is 20.9. The number of sulfonamides is 1. The van der Waals surface area contributed by atoms with Gasteiger partial charge in [-0.05, 0) is 29.3 Å². The molecule has 150 valence electrons. The molecule has 1 amide bonds. The molecule has 0 spiro atoms. The Kier molecular flexibility index (Phi) is 6.56. The van der Waals surface area contributed by atoms with Crippen molar-refractivity contribution in [2.45, 2.75) is 13.1 Å². The van der Waals surface area contributed by atoms with Gasteiger partial charge in [0, 0.05) is 18.7 Å². The molecule has 0 aliphatic rings. The van der Waals surface area contributed by atoms with Gasteiger partial charge in [0.25, 0.3) is 5.91 Å². The molecule has 0 aliphatic heterocycles. The first-order valence-electron chi connectivity index (χ1n) is 8.96. The van der Waals surface area contributed by atoms with Gasteiger partial charge in [-0.3, -0.25) is 9.52 Å². The average Bonchev–Trinajstić information content (AvgIpc) is 2.69. The van der Waals surface area contributed by atoms with Crippen molar-refractivity contribution >= 4 is 33.2 Å². The van der Waals surface area contributed by atoms with E-state index < -0.39 is 10.0 Å². The maximum Gasteiger partial charge on any atom is 0.254 e. The van der Waals surface area contributed by atoms with Gasteiger partial charge in [-0.2, -0.15) is 0 Å². The molecule has 0 heterocycles. The molecule has 0 aromatic heterocycles. The number of amides is 1. The number of rotatable bonds is 7. The Labute approximate surface area is 176 Å². The van der Waals surface area contributed by atoms with E-state index in [2.05, 4.69) is 4.72 Å². The van der Waals surface area contributed by atoms with E-state index in [4.69, 9.17) is 11.6 Å².